The molecular formula is C38H42N2O10S6. The van der Waals surface area contributed by atoms with E-state index in [1.807, 2.05) is 84.9 Å². The van der Waals surface area contributed by atoms with Crippen molar-refractivity contribution in [1.29, 1.82) is 0 Å². The number of thiazole rings is 2. The Morgan fingerprint density at radius 1 is 0.411 bits per heavy atom. The number of hydrogen-bond donors (Lipinski definition) is 4. The van der Waals surface area contributed by atoms with E-state index in [1.165, 1.54) is 0 Å². The third-order valence-electron chi connectivity index (χ3n) is 6.93. The van der Waals surface area contributed by atoms with Crippen LogP contribution in [0, 0.1) is 0 Å². The Balaban J connectivity index is 0.000000236. The molecule has 0 saturated heterocycles. The SMILES string of the molecule is OCCOCCOc1ccc2sc(SSc3nc4cc(OCCOCCO)ccc4s3)nc2c1.OCCOc1ccc(SSc2ccc(OCCO)cc2)cc1. The van der Waals surface area contributed by atoms with Crippen molar-refractivity contribution in [2.45, 2.75) is 18.5 Å². The number of aliphatic hydroxyl groups excluding tert-OH is 4. The Morgan fingerprint density at radius 3 is 1.18 bits per heavy atom. The van der Waals surface area contributed by atoms with Crippen LogP contribution in [0.2, 0.25) is 0 Å². The molecule has 0 fully saturated rings. The van der Waals surface area contributed by atoms with Gasteiger partial charge in [-0.1, -0.05) is 21.6 Å². The zero-order valence-corrected chi connectivity index (χ0v) is 35.0. The minimum atomic E-state index is 0.0122. The molecule has 0 saturated carbocycles. The van der Waals surface area contributed by atoms with Crippen LogP contribution in [0.4, 0.5) is 0 Å². The number of rotatable bonds is 24. The van der Waals surface area contributed by atoms with Gasteiger partial charge in [0, 0.05) is 21.9 Å². The van der Waals surface area contributed by atoms with E-state index in [1.54, 1.807) is 65.8 Å². The standard InChI is InChI=1S/C22H24N2O6S4.C16H18O4S2/c25-5-7-27-9-11-29-15-1-3-19-17(13-15)23-21(31-19)33-34-22-24-18-14-16(2-4-20(18)32-22)30-12-10-28-8-6-26;17-9-11-19-13-1-5-15(6-2-13)21-22-16-7-3-14(4-8-16)20-12-10-18/h1-4,13-14,25-26H,5-12H2;1-8,17-18H,9-12H2. The lowest BCUT2D eigenvalue weighted by atomic mass is 10.3. The van der Waals surface area contributed by atoms with E-state index in [-0.39, 0.29) is 26.4 Å². The topological polar surface area (TPSA) is 162 Å². The Morgan fingerprint density at radius 2 is 0.786 bits per heavy atom. The van der Waals surface area contributed by atoms with Gasteiger partial charge < -0.3 is 48.8 Å². The number of ether oxygens (including phenoxy) is 6. The molecule has 56 heavy (non-hydrogen) atoms. The van der Waals surface area contributed by atoms with Gasteiger partial charge in [0.1, 0.15) is 49.4 Å². The number of nitrogens with zero attached hydrogens (tertiary/aromatic N) is 2. The van der Waals surface area contributed by atoms with Gasteiger partial charge in [0.15, 0.2) is 8.68 Å². The maximum absolute atomic E-state index is 8.72. The zero-order valence-electron chi connectivity index (χ0n) is 30.2. The second kappa shape index (κ2) is 25.4. The van der Waals surface area contributed by atoms with Crippen LogP contribution in [0.15, 0.2) is 103 Å². The van der Waals surface area contributed by atoms with E-state index in [0.717, 1.165) is 61.9 Å². The van der Waals surface area contributed by atoms with Crippen LogP contribution >= 0.6 is 65.8 Å². The molecule has 4 N–H and O–H groups in total. The molecule has 6 rings (SSSR count). The van der Waals surface area contributed by atoms with Crippen molar-refractivity contribution in [2.75, 3.05) is 79.3 Å². The average Bonchev–Trinajstić information content (AvgIpc) is 3.84. The molecule has 6 aromatic rings. The fourth-order valence-electron chi connectivity index (χ4n) is 4.47. The van der Waals surface area contributed by atoms with Crippen LogP contribution in [0.3, 0.4) is 0 Å². The summed E-state index contributed by atoms with van der Waals surface area (Å²) >= 11 is 3.27. The van der Waals surface area contributed by atoms with Gasteiger partial charge in [0.25, 0.3) is 0 Å². The summed E-state index contributed by atoms with van der Waals surface area (Å²) in [4.78, 5) is 11.7. The summed E-state index contributed by atoms with van der Waals surface area (Å²) in [6, 6.07) is 27.3. The summed E-state index contributed by atoms with van der Waals surface area (Å²) in [6.07, 6.45) is 0. The minimum Gasteiger partial charge on any atom is -0.491 e. The second-order valence-electron chi connectivity index (χ2n) is 11.0. The molecule has 12 nitrogen and oxygen atoms in total. The number of benzene rings is 4. The first-order chi connectivity index (χ1) is 27.6. The minimum absolute atomic E-state index is 0.0122. The molecule has 2 heterocycles. The van der Waals surface area contributed by atoms with Gasteiger partial charge in [-0.25, -0.2) is 9.97 Å². The van der Waals surface area contributed by atoms with Crippen molar-refractivity contribution < 1.29 is 48.8 Å². The molecule has 300 valence electrons. The van der Waals surface area contributed by atoms with E-state index in [2.05, 4.69) is 0 Å². The highest BCUT2D eigenvalue weighted by molar-refractivity contribution is 8.77. The normalized spacial score (nSPS) is 11.1. The predicted molar refractivity (Wildman–Crippen MR) is 228 cm³/mol. The first kappa shape index (κ1) is 44.1. The number of aliphatic hydroxyl groups is 4. The van der Waals surface area contributed by atoms with Gasteiger partial charge in [0.2, 0.25) is 0 Å². The second-order valence-corrected chi connectivity index (χ2v) is 18.0. The number of hydrogen-bond acceptors (Lipinski definition) is 18. The molecule has 0 aliphatic heterocycles. The number of aromatic nitrogens is 2. The van der Waals surface area contributed by atoms with Crippen LogP contribution in [-0.4, -0.2) is 110 Å². The fraction of sp³-hybridized carbons (Fsp3) is 0.316. The number of fused-ring (bicyclic) bond motifs is 2. The van der Waals surface area contributed by atoms with Gasteiger partial charge in [-0.2, -0.15) is 0 Å². The molecule has 18 heteroatoms. The largest absolute Gasteiger partial charge is 0.491 e. The summed E-state index contributed by atoms with van der Waals surface area (Å²) < 4.78 is 36.6. The molecule has 0 unspecified atom stereocenters. The third kappa shape index (κ3) is 15.4. The van der Waals surface area contributed by atoms with Crippen LogP contribution in [0.25, 0.3) is 20.4 Å². The molecule has 0 aliphatic carbocycles. The van der Waals surface area contributed by atoms with Gasteiger partial charge in [0.05, 0.1) is 73.3 Å². The lowest BCUT2D eigenvalue weighted by Gasteiger charge is -2.06. The van der Waals surface area contributed by atoms with Crippen molar-refractivity contribution >= 4 is 86.3 Å². The maximum atomic E-state index is 8.72. The molecule has 2 aromatic heterocycles. The lowest BCUT2D eigenvalue weighted by molar-refractivity contribution is 0.0705. The average molecular weight is 879 g/mol. The van der Waals surface area contributed by atoms with Crippen LogP contribution < -0.4 is 18.9 Å². The molecule has 0 amide bonds. The third-order valence-corrected chi connectivity index (χ3v) is 14.4. The van der Waals surface area contributed by atoms with Gasteiger partial charge in [-0.05, 0) is 94.4 Å². The summed E-state index contributed by atoms with van der Waals surface area (Å²) in [5.41, 5.74) is 1.80. The zero-order chi connectivity index (χ0) is 39.2. The highest BCUT2D eigenvalue weighted by atomic mass is 33.1. The summed E-state index contributed by atoms with van der Waals surface area (Å²) in [5, 5.41) is 34.9. The highest BCUT2D eigenvalue weighted by Crippen LogP contribution is 2.44. The monoisotopic (exact) mass is 878 g/mol. The molecule has 0 bridgehead atoms. The maximum Gasteiger partial charge on any atom is 0.162 e. The quantitative estimate of drug-likeness (QED) is 0.0345. The Bertz CT molecular complexity index is 1860. The first-order valence-electron chi connectivity index (χ1n) is 17.4. The summed E-state index contributed by atoms with van der Waals surface area (Å²) in [6.45, 7) is 3.04. The Labute approximate surface area is 348 Å². The van der Waals surface area contributed by atoms with E-state index < -0.39 is 0 Å². The predicted octanol–water partition coefficient (Wildman–Crippen LogP) is 7.71. The summed E-state index contributed by atoms with van der Waals surface area (Å²) in [7, 11) is 6.51. The molecule has 4 aromatic carbocycles. The fourth-order valence-corrected chi connectivity index (χ4v) is 10.9. The molecule has 0 atom stereocenters. The van der Waals surface area contributed by atoms with Crippen LogP contribution in [0.1, 0.15) is 0 Å². The van der Waals surface area contributed by atoms with Gasteiger partial charge in [-0.3, -0.25) is 0 Å². The van der Waals surface area contributed by atoms with E-state index in [4.69, 9.17) is 58.8 Å². The van der Waals surface area contributed by atoms with Crippen molar-refractivity contribution in [3.05, 3.63) is 84.9 Å². The molecule has 0 radical (unpaired) electrons. The van der Waals surface area contributed by atoms with Crippen molar-refractivity contribution in [3.8, 4) is 23.0 Å². The van der Waals surface area contributed by atoms with Crippen molar-refractivity contribution in [3.63, 3.8) is 0 Å². The Hall–Kier alpha value is -2.98. The van der Waals surface area contributed by atoms with E-state index in [9.17, 15) is 0 Å². The highest BCUT2D eigenvalue weighted by Gasteiger charge is 2.11. The van der Waals surface area contributed by atoms with Crippen LogP contribution in [-0.2, 0) is 9.47 Å². The van der Waals surface area contributed by atoms with E-state index >= 15 is 0 Å². The molecule has 0 spiro atoms. The smallest absolute Gasteiger partial charge is 0.162 e. The molecular weight excluding hydrogens is 837 g/mol. The van der Waals surface area contributed by atoms with Crippen molar-refractivity contribution in [2.24, 2.45) is 0 Å². The Kier molecular flexibility index (Phi) is 20.0. The van der Waals surface area contributed by atoms with Gasteiger partial charge in [-0.15, -0.1) is 22.7 Å². The van der Waals surface area contributed by atoms with E-state index in [0.29, 0.717) is 52.9 Å². The lowest BCUT2D eigenvalue weighted by Crippen LogP contribution is -2.08. The summed E-state index contributed by atoms with van der Waals surface area (Å²) in [5.74, 6) is 3.01. The van der Waals surface area contributed by atoms with Crippen LogP contribution in [0.5, 0.6) is 23.0 Å². The van der Waals surface area contributed by atoms with Crippen molar-refractivity contribution in [1.82, 2.24) is 9.97 Å². The van der Waals surface area contributed by atoms with Gasteiger partial charge >= 0.3 is 0 Å². The molecule has 0 aliphatic rings. The first-order valence-corrected chi connectivity index (χ1v) is 23.3.